The van der Waals surface area contributed by atoms with Crippen molar-refractivity contribution in [1.29, 1.82) is 0 Å². The lowest BCUT2D eigenvalue weighted by atomic mass is 10.00. The first-order valence-corrected chi connectivity index (χ1v) is 10.7. The van der Waals surface area contributed by atoms with E-state index in [1.54, 1.807) is 0 Å². The molecule has 7 heteroatoms. The first kappa shape index (κ1) is 20.1. The molecule has 0 amide bonds. The van der Waals surface area contributed by atoms with Crippen molar-refractivity contribution in [3.8, 4) is 0 Å². The zero-order valence-corrected chi connectivity index (χ0v) is 17.5. The smallest absolute Gasteiger partial charge is 0.348 e. The van der Waals surface area contributed by atoms with Crippen molar-refractivity contribution < 1.29 is 4.92 Å². The van der Waals surface area contributed by atoms with E-state index in [2.05, 4.69) is 21.8 Å². The molecule has 2 heterocycles. The maximum atomic E-state index is 12.3. The molecule has 1 aliphatic rings. The summed E-state index contributed by atoms with van der Waals surface area (Å²) in [6.45, 7) is 5.47. The molecule has 0 spiro atoms. The Balaban J connectivity index is 1.88. The van der Waals surface area contributed by atoms with Crippen LogP contribution < -0.4 is 9.80 Å². The maximum Gasteiger partial charge on any atom is 0.354 e. The molecule has 0 radical (unpaired) electrons. The van der Waals surface area contributed by atoms with Crippen LogP contribution in [0.1, 0.15) is 39.5 Å². The summed E-state index contributed by atoms with van der Waals surface area (Å²) in [5.41, 5.74) is 0.904. The molecule has 2 aromatic carbocycles. The van der Waals surface area contributed by atoms with Crippen LogP contribution in [0.25, 0.3) is 10.8 Å². The fourth-order valence-corrected chi connectivity index (χ4v) is 4.51. The molecule has 0 N–H and O–H groups in total. The lowest BCUT2D eigenvalue weighted by molar-refractivity contribution is -0.383. The monoisotopic (exact) mass is 405 g/mol. The van der Waals surface area contributed by atoms with E-state index in [9.17, 15) is 10.1 Å². The lowest BCUT2D eigenvalue weighted by Gasteiger charge is -2.36. The summed E-state index contributed by atoms with van der Waals surface area (Å²) in [6.07, 6.45) is 5.61. The normalized spacial score (nSPS) is 16.6. The van der Waals surface area contributed by atoms with Crippen LogP contribution in [0.15, 0.2) is 48.8 Å². The standard InChI is InChI=1S/C23H27N5O2/c1-3-18-12-7-8-15-27(18)23-21(28(29)30)22(24-16-25-23)26(4-2)20-14-9-11-17-10-5-6-13-19(17)20/h5-6,9-11,13-14,16,18H,3-4,7-8,12,15H2,1-2H3. The van der Waals surface area contributed by atoms with Crippen LogP contribution in [0, 0.1) is 10.1 Å². The molecular formula is C23H27N5O2. The number of rotatable bonds is 6. The van der Waals surface area contributed by atoms with Gasteiger partial charge in [-0.1, -0.05) is 43.3 Å². The van der Waals surface area contributed by atoms with Crippen molar-refractivity contribution in [3.05, 3.63) is 58.9 Å². The molecule has 30 heavy (non-hydrogen) atoms. The van der Waals surface area contributed by atoms with Gasteiger partial charge in [-0.3, -0.25) is 10.1 Å². The van der Waals surface area contributed by atoms with E-state index in [1.165, 1.54) is 6.33 Å². The molecule has 1 aliphatic heterocycles. The third-order valence-electron chi connectivity index (χ3n) is 5.97. The van der Waals surface area contributed by atoms with Gasteiger partial charge in [-0.2, -0.15) is 0 Å². The number of anilines is 3. The fraction of sp³-hybridized carbons (Fsp3) is 0.391. The minimum Gasteiger partial charge on any atom is -0.348 e. The van der Waals surface area contributed by atoms with Gasteiger partial charge in [0.1, 0.15) is 6.33 Å². The summed E-state index contributed by atoms with van der Waals surface area (Å²) in [6, 6.07) is 14.4. The molecule has 1 unspecified atom stereocenters. The Morgan fingerprint density at radius 2 is 1.93 bits per heavy atom. The van der Waals surface area contributed by atoms with Gasteiger partial charge in [0.05, 0.1) is 10.6 Å². The van der Waals surface area contributed by atoms with Gasteiger partial charge in [0.15, 0.2) is 0 Å². The third-order valence-corrected chi connectivity index (χ3v) is 5.97. The average molecular weight is 406 g/mol. The van der Waals surface area contributed by atoms with Crippen LogP contribution >= 0.6 is 0 Å². The van der Waals surface area contributed by atoms with Gasteiger partial charge in [-0.25, -0.2) is 9.97 Å². The fourth-order valence-electron chi connectivity index (χ4n) is 4.51. The molecule has 156 valence electrons. The van der Waals surface area contributed by atoms with Crippen LogP contribution in [0.2, 0.25) is 0 Å². The summed E-state index contributed by atoms with van der Waals surface area (Å²) < 4.78 is 0. The summed E-state index contributed by atoms with van der Waals surface area (Å²) in [4.78, 5) is 24.8. The second-order valence-electron chi connectivity index (χ2n) is 7.62. The Labute approximate surface area is 176 Å². The number of nitro groups is 1. The van der Waals surface area contributed by atoms with E-state index in [4.69, 9.17) is 0 Å². The predicted molar refractivity (Wildman–Crippen MR) is 121 cm³/mol. The van der Waals surface area contributed by atoms with Crippen molar-refractivity contribution in [2.75, 3.05) is 22.9 Å². The zero-order chi connectivity index (χ0) is 21.1. The highest BCUT2D eigenvalue weighted by Crippen LogP contribution is 2.41. The minimum absolute atomic E-state index is 0.00682. The van der Waals surface area contributed by atoms with Gasteiger partial charge in [-0.05, 0) is 44.1 Å². The molecule has 4 rings (SSSR count). The zero-order valence-electron chi connectivity index (χ0n) is 17.5. The van der Waals surface area contributed by atoms with Gasteiger partial charge in [0.2, 0.25) is 11.6 Å². The molecule has 1 aromatic heterocycles. The largest absolute Gasteiger partial charge is 0.354 e. The van der Waals surface area contributed by atoms with Crippen molar-refractivity contribution in [3.63, 3.8) is 0 Å². The Hall–Kier alpha value is -3.22. The lowest BCUT2D eigenvalue weighted by Crippen LogP contribution is -2.40. The SMILES string of the molecule is CCC1CCCCN1c1ncnc(N(CC)c2cccc3ccccc23)c1[N+](=O)[O-]. The van der Waals surface area contributed by atoms with E-state index in [0.717, 1.165) is 48.7 Å². The maximum absolute atomic E-state index is 12.3. The summed E-state index contributed by atoms with van der Waals surface area (Å²) in [7, 11) is 0. The Morgan fingerprint density at radius 3 is 2.70 bits per heavy atom. The van der Waals surface area contributed by atoms with E-state index in [-0.39, 0.29) is 16.7 Å². The van der Waals surface area contributed by atoms with Crippen LogP contribution in [-0.4, -0.2) is 34.0 Å². The first-order valence-electron chi connectivity index (χ1n) is 10.7. The highest BCUT2D eigenvalue weighted by Gasteiger charge is 2.34. The van der Waals surface area contributed by atoms with Crippen molar-refractivity contribution >= 4 is 33.8 Å². The number of nitrogens with zero attached hydrogens (tertiary/aromatic N) is 5. The predicted octanol–water partition coefficient (Wildman–Crippen LogP) is 5.46. The van der Waals surface area contributed by atoms with E-state index in [1.807, 2.05) is 54.3 Å². The van der Waals surface area contributed by atoms with Gasteiger partial charge in [0, 0.05) is 24.5 Å². The van der Waals surface area contributed by atoms with Crippen molar-refractivity contribution in [1.82, 2.24) is 9.97 Å². The minimum atomic E-state index is -0.320. The van der Waals surface area contributed by atoms with Gasteiger partial charge >= 0.3 is 5.69 Å². The van der Waals surface area contributed by atoms with Gasteiger partial charge < -0.3 is 9.80 Å². The Kier molecular flexibility index (Phi) is 5.79. The van der Waals surface area contributed by atoms with Crippen LogP contribution in [0.4, 0.5) is 23.0 Å². The average Bonchev–Trinajstić information content (AvgIpc) is 2.79. The van der Waals surface area contributed by atoms with E-state index < -0.39 is 0 Å². The number of benzene rings is 2. The third kappa shape index (κ3) is 3.56. The second-order valence-corrected chi connectivity index (χ2v) is 7.62. The van der Waals surface area contributed by atoms with Crippen LogP contribution in [-0.2, 0) is 0 Å². The summed E-state index contributed by atoms with van der Waals surface area (Å²) >= 11 is 0. The molecule has 3 aromatic rings. The topological polar surface area (TPSA) is 75.4 Å². The van der Waals surface area contributed by atoms with Gasteiger partial charge in [-0.15, -0.1) is 0 Å². The van der Waals surface area contributed by atoms with Crippen molar-refractivity contribution in [2.24, 2.45) is 0 Å². The summed E-state index contributed by atoms with van der Waals surface area (Å²) in [5, 5.41) is 14.4. The number of fused-ring (bicyclic) bond motifs is 1. The number of piperidine rings is 1. The molecule has 0 aliphatic carbocycles. The van der Waals surface area contributed by atoms with Gasteiger partial charge in [0.25, 0.3) is 0 Å². The summed E-state index contributed by atoms with van der Waals surface area (Å²) in [5.74, 6) is 0.791. The van der Waals surface area contributed by atoms with E-state index >= 15 is 0 Å². The molecule has 7 nitrogen and oxygen atoms in total. The second kappa shape index (κ2) is 8.65. The van der Waals surface area contributed by atoms with Crippen molar-refractivity contribution in [2.45, 2.75) is 45.6 Å². The number of aromatic nitrogens is 2. The first-order chi connectivity index (χ1) is 14.7. The molecule has 0 saturated carbocycles. The highest BCUT2D eigenvalue weighted by atomic mass is 16.6. The number of hydrogen-bond donors (Lipinski definition) is 0. The van der Waals surface area contributed by atoms with Crippen LogP contribution in [0.3, 0.4) is 0 Å². The van der Waals surface area contributed by atoms with Crippen LogP contribution in [0.5, 0.6) is 0 Å². The molecule has 1 atom stereocenters. The molecular weight excluding hydrogens is 378 g/mol. The van der Waals surface area contributed by atoms with E-state index in [0.29, 0.717) is 18.2 Å². The molecule has 0 bridgehead atoms. The molecule has 1 fully saturated rings. The number of hydrogen-bond acceptors (Lipinski definition) is 6. The highest BCUT2D eigenvalue weighted by molar-refractivity contribution is 5.96. The Bertz CT molecular complexity index is 1050. The molecule has 1 saturated heterocycles. The quantitative estimate of drug-likeness (QED) is 0.400. The Morgan fingerprint density at radius 1 is 1.13 bits per heavy atom.